The van der Waals surface area contributed by atoms with Crippen LogP contribution in [-0.2, 0) is 4.79 Å². The molecular weight excluding hydrogens is 216 g/mol. The van der Waals surface area contributed by atoms with Gasteiger partial charge in [0, 0.05) is 26.2 Å². The molecule has 0 saturated carbocycles. The molecule has 1 amide bonds. The van der Waals surface area contributed by atoms with E-state index in [1.807, 2.05) is 4.90 Å². The molecule has 5 heteroatoms. The molecule has 0 aliphatic carbocycles. The van der Waals surface area contributed by atoms with Crippen LogP contribution >= 0.6 is 0 Å². The van der Waals surface area contributed by atoms with Crippen molar-refractivity contribution in [3.63, 3.8) is 0 Å². The summed E-state index contributed by atoms with van der Waals surface area (Å²) in [6.45, 7) is 7.57. The molecular formula is C12H22N4O. The van der Waals surface area contributed by atoms with Gasteiger partial charge in [0.05, 0.1) is 12.6 Å². The highest BCUT2D eigenvalue weighted by atomic mass is 16.2. The average molecular weight is 238 g/mol. The topological polar surface area (TPSA) is 68.2 Å². The monoisotopic (exact) mass is 238 g/mol. The van der Waals surface area contributed by atoms with E-state index in [0.717, 1.165) is 26.1 Å². The Balaban J connectivity index is 2.27. The number of hydrogen-bond acceptors (Lipinski definition) is 4. The third kappa shape index (κ3) is 5.16. The first-order valence-electron chi connectivity index (χ1n) is 6.24. The molecule has 0 aromatic rings. The van der Waals surface area contributed by atoms with Crippen molar-refractivity contribution in [2.24, 2.45) is 5.92 Å². The van der Waals surface area contributed by atoms with Gasteiger partial charge in [0.25, 0.3) is 0 Å². The highest BCUT2D eigenvalue weighted by molar-refractivity contribution is 5.78. The number of amides is 1. The zero-order valence-corrected chi connectivity index (χ0v) is 10.7. The summed E-state index contributed by atoms with van der Waals surface area (Å²) in [7, 11) is 0. The fourth-order valence-corrected chi connectivity index (χ4v) is 1.80. The van der Waals surface area contributed by atoms with Gasteiger partial charge in [-0.25, -0.2) is 0 Å². The van der Waals surface area contributed by atoms with Crippen LogP contribution in [0.4, 0.5) is 0 Å². The van der Waals surface area contributed by atoms with E-state index in [4.69, 9.17) is 5.26 Å². The van der Waals surface area contributed by atoms with Crippen molar-refractivity contribution < 1.29 is 4.79 Å². The fraction of sp³-hybridized carbons (Fsp3) is 0.833. The van der Waals surface area contributed by atoms with Gasteiger partial charge in [-0.3, -0.25) is 9.69 Å². The number of hydrogen-bond donors (Lipinski definition) is 2. The van der Waals surface area contributed by atoms with Crippen LogP contribution in [0.2, 0.25) is 0 Å². The molecule has 0 radical (unpaired) electrons. The van der Waals surface area contributed by atoms with Gasteiger partial charge >= 0.3 is 0 Å². The van der Waals surface area contributed by atoms with Crippen molar-refractivity contribution in [1.82, 2.24) is 15.5 Å². The predicted octanol–water partition coefficient (Wildman–Crippen LogP) is -0.0539. The fourth-order valence-electron chi connectivity index (χ4n) is 1.80. The van der Waals surface area contributed by atoms with Gasteiger partial charge in [0.15, 0.2) is 0 Å². The van der Waals surface area contributed by atoms with Crippen molar-refractivity contribution in [1.29, 1.82) is 5.26 Å². The largest absolute Gasteiger partial charge is 0.355 e. The first-order valence-corrected chi connectivity index (χ1v) is 6.24. The number of carbonyl (C=O) groups excluding carboxylic acids is 1. The quantitative estimate of drug-likeness (QED) is 0.704. The lowest BCUT2D eigenvalue weighted by atomic mass is 10.1. The Morgan fingerprint density at radius 1 is 1.65 bits per heavy atom. The van der Waals surface area contributed by atoms with E-state index in [0.29, 0.717) is 19.0 Å². The second-order valence-corrected chi connectivity index (χ2v) is 4.85. The minimum atomic E-state index is -0.181. The molecule has 1 saturated heterocycles. The minimum absolute atomic E-state index is 0.0211. The normalized spacial score (nSPS) is 21.2. The van der Waals surface area contributed by atoms with Crippen LogP contribution in [0, 0.1) is 17.2 Å². The molecule has 1 rings (SSSR count). The van der Waals surface area contributed by atoms with Crippen molar-refractivity contribution in [2.75, 3.05) is 32.7 Å². The van der Waals surface area contributed by atoms with Gasteiger partial charge in [-0.2, -0.15) is 5.26 Å². The Morgan fingerprint density at radius 2 is 2.41 bits per heavy atom. The van der Waals surface area contributed by atoms with Crippen LogP contribution in [0.5, 0.6) is 0 Å². The highest BCUT2D eigenvalue weighted by Gasteiger charge is 2.23. The van der Waals surface area contributed by atoms with Crippen LogP contribution in [0.3, 0.4) is 0 Å². The SMILES string of the molecule is CC(C)CCNC(=O)CN1CCNCC1C#N. The Morgan fingerprint density at radius 3 is 3.06 bits per heavy atom. The molecule has 1 atom stereocenters. The zero-order chi connectivity index (χ0) is 12.7. The lowest BCUT2D eigenvalue weighted by Gasteiger charge is -2.31. The molecule has 96 valence electrons. The molecule has 0 aromatic carbocycles. The molecule has 2 N–H and O–H groups in total. The summed E-state index contributed by atoms with van der Waals surface area (Å²) >= 11 is 0. The molecule has 0 aromatic heterocycles. The summed E-state index contributed by atoms with van der Waals surface area (Å²) in [4.78, 5) is 13.6. The van der Waals surface area contributed by atoms with Crippen LogP contribution in [-0.4, -0.2) is 49.6 Å². The number of carbonyl (C=O) groups is 1. The highest BCUT2D eigenvalue weighted by Crippen LogP contribution is 2.01. The van der Waals surface area contributed by atoms with E-state index in [1.165, 1.54) is 0 Å². The first kappa shape index (κ1) is 13.9. The number of nitrogens with zero attached hydrogens (tertiary/aromatic N) is 2. The van der Waals surface area contributed by atoms with Crippen molar-refractivity contribution >= 4 is 5.91 Å². The predicted molar refractivity (Wildman–Crippen MR) is 66.3 cm³/mol. The van der Waals surface area contributed by atoms with Crippen molar-refractivity contribution in [2.45, 2.75) is 26.3 Å². The van der Waals surface area contributed by atoms with E-state index in [1.54, 1.807) is 0 Å². The number of rotatable bonds is 5. The van der Waals surface area contributed by atoms with Gasteiger partial charge in [-0.15, -0.1) is 0 Å². The number of nitrogens with one attached hydrogen (secondary N) is 2. The summed E-state index contributed by atoms with van der Waals surface area (Å²) in [6.07, 6.45) is 0.995. The Kier molecular flexibility index (Phi) is 5.95. The van der Waals surface area contributed by atoms with Crippen LogP contribution in [0.25, 0.3) is 0 Å². The lowest BCUT2D eigenvalue weighted by Crippen LogP contribution is -2.53. The van der Waals surface area contributed by atoms with Crippen LogP contribution in [0.15, 0.2) is 0 Å². The molecule has 1 unspecified atom stereocenters. The van der Waals surface area contributed by atoms with Crippen LogP contribution < -0.4 is 10.6 Å². The van der Waals surface area contributed by atoms with Crippen LogP contribution in [0.1, 0.15) is 20.3 Å². The smallest absolute Gasteiger partial charge is 0.234 e. The maximum Gasteiger partial charge on any atom is 0.234 e. The third-order valence-electron chi connectivity index (χ3n) is 2.89. The van der Waals surface area contributed by atoms with Gasteiger partial charge in [0.1, 0.15) is 6.04 Å². The second-order valence-electron chi connectivity index (χ2n) is 4.85. The van der Waals surface area contributed by atoms with Crippen molar-refractivity contribution in [3.8, 4) is 6.07 Å². The molecule has 1 heterocycles. The van der Waals surface area contributed by atoms with E-state index < -0.39 is 0 Å². The first-order chi connectivity index (χ1) is 8.13. The summed E-state index contributed by atoms with van der Waals surface area (Å²) in [5, 5.41) is 15.0. The lowest BCUT2D eigenvalue weighted by molar-refractivity contribution is -0.122. The number of piperazine rings is 1. The van der Waals surface area contributed by atoms with E-state index in [2.05, 4.69) is 30.6 Å². The summed E-state index contributed by atoms with van der Waals surface area (Å²) in [5.74, 6) is 0.620. The van der Waals surface area contributed by atoms with Gasteiger partial charge in [-0.05, 0) is 12.3 Å². The summed E-state index contributed by atoms with van der Waals surface area (Å²) in [6, 6.07) is 2.04. The molecule has 5 nitrogen and oxygen atoms in total. The zero-order valence-electron chi connectivity index (χ0n) is 10.7. The molecule has 17 heavy (non-hydrogen) atoms. The average Bonchev–Trinajstić information content (AvgIpc) is 2.29. The number of nitriles is 1. The minimum Gasteiger partial charge on any atom is -0.355 e. The Bertz CT molecular complexity index is 285. The Labute approximate surface area is 103 Å². The second kappa shape index (κ2) is 7.25. The molecule has 1 aliphatic rings. The molecule has 1 fully saturated rings. The maximum absolute atomic E-state index is 11.7. The summed E-state index contributed by atoms with van der Waals surface area (Å²) in [5.41, 5.74) is 0. The van der Waals surface area contributed by atoms with E-state index >= 15 is 0 Å². The van der Waals surface area contributed by atoms with Crippen molar-refractivity contribution in [3.05, 3.63) is 0 Å². The summed E-state index contributed by atoms with van der Waals surface area (Å²) < 4.78 is 0. The molecule has 1 aliphatic heterocycles. The van der Waals surface area contributed by atoms with Gasteiger partial charge < -0.3 is 10.6 Å². The third-order valence-corrected chi connectivity index (χ3v) is 2.89. The van der Waals surface area contributed by atoms with Gasteiger partial charge in [-0.1, -0.05) is 13.8 Å². The molecule has 0 bridgehead atoms. The standard InChI is InChI=1S/C12H22N4O/c1-10(2)3-4-15-12(17)9-16-6-5-14-8-11(16)7-13/h10-11,14H,3-6,8-9H2,1-2H3,(H,15,17). The molecule has 0 spiro atoms. The maximum atomic E-state index is 11.7. The van der Waals surface area contributed by atoms with Gasteiger partial charge in [0.2, 0.25) is 5.91 Å². The van der Waals surface area contributed by atoms with E-state index in [-0.39, 0.29) is 11.9 Å². The Hall–Kier alpha value is -1.12. The van der Waals surface area contributed by atoms with E-state index in [9.17, 15) is 4.79 Å².